The standard InChI is InChI=1S/C16H17BrN2O2/c1-3-19(11-12-6-8-13(21-2)9-7-12)16(20)15-14(17)5-4-10-18-15/h4-10H,3,11H2,1-2H3. The summed E-state index contributed by atoms with van der Waals surface area (Å²) >= 11 is 3.37. The molecule has 0 aliphatic rings. The van der Waals surface area contributed by atoms with Crippen LogP contribution in [-0.4, -0.2) is 29.4 Å². The SMILES string of the molecule is CCN(Cc1ccc(OC)cc1)C(=O)c1ncccc1Br. The number of carbonyl (C=O) groups excluding carboxylic acids is 1. The second-order valence-corrected chi connectivity index (χ2v) is 5.36. The molecule has 0 atom stereocenters. The van der Waals surface area contributed by atoms with Gasteiger partial charge in [0.25, 0.3) is 5.91 Å². The normalized spacial score (nSPS) is 10.2. The first kappa shape index (κ1) is 15.5. The summed E-state index contributed by atoms with van der Waals surface area (Å²) in [5, 5.41) is 0. The zero-order valence-corrected chi connectivity index (χ0v) is 13.6. The van der Waals surface area contributed by atoms with Crippen LogP contribution in [0.1, 0.15) is 23.0 Å². The van der Waals surface area contributed by atoms with Crippen molar-refractivity contribution in [2.24, 2.45) is 0 Å². The molecule has 0 bridgehead atoms. The van der Waals surface area contributed by atoms with E-state index in [1.54, 1.807) is 24.3 Å². The number of methoxy groups -OCH3 is 1. The average molecular weight is 349 g/mol. The molecule has 0 spiro atoms. The number of halogens is 1. The van der Waals surface area contributed by atoms with Gasteiger partial charge in [-0.3, -0.25) is 4.79 Å². The highest BCUT2D eigenvalue weighted by Gasteiger charge is 2.18. The fourth-order valence-corrected chi connectivity index (χ4v) is 2.40. The largest absolute Gasteiger partial charge is 0.497 e. The van der Waals surface area contributed by atoms with Crippen LogP contribution in [0.15, 0.2) is 47.1 Å². The number of carbonyl (C=O) groups is 1. The Balaban J connectivity index is 2.15. The minimum atomic E-state index is -0.0826. The molecule has 0 fully saturated rings. The lowest BCUT2D eigenvalue weighted by Crippen LogP contribution is -2.31. The maximum atomic E-state index is 12.5. The molecule has 110 valence electrons. The number of rotatable bonds is 5. The summed E-state index contributed by atoms with van der Waals surface area (Å²) in [7, 11) is 1.63. The van der Waals surface area contributed by atoms with Crippen molar-refractivity contribution >= 4 is 21.8 Å². The fourth-order valence-electron chi connectivity index (χ4n) is 1.97. The van der Waals surface area contributed by atoms with Gasteiger partial charge in [-0.05, 0) is 52.7 Å². The van der Waals surface area contributed by atoms with Gasteiger partial charge in [0.1, 0.15) is 11.4 Å². The average Bonchev–Trinajstić information content (AvgIpc) is 2.53. The predicted molar refractivity (Wildman–Crippen MR) is 85.3 cm³/mol. The van der Waals surface area contributed by atoms with E-state index in [9.17, 15) is 4.79 Å². The van der Waals surface area contributed by atoms with Gasteiger partial charge in [-0.2, -0.15) is 0 Å². The number of amides is 1. The van der Waals surface area contributed by atoms with E-state index in [0.29, 0.717) is 23.3 Å². The van der Waals surface area contributed by atoms with Crippen LogP contribution < -0.4 is 4.74 Å². The molecule has 0 radical (unpaired) electrons. The van der Waals surface area contributed by atoms with Gasteiger partial charge in [0.15, 0.2) is 0 Å². The lowest BCUT2D eigenvalue weighted by Gasteiger charge is -2.21. The monoisotopic (exact) mass is 348 g/mol. The summed E-state index contributed by atoms with van der Waals surface area (Å²) in [6.45, 7) is 3.12. The zero-order valence-electron chi connectivity index (χ0n) is 12.0. The summed E-state index contributed by atoms with van der Waals surface area (Å²) in [5.41, 5.74) is 1.49. The van der Waals surface area contributed by atoms with Crippen molar-refractivity contribution in [3.63, 3.8) is 0 Å². The van der Waals surface area contributed by atoms with Gasteiger partial charge >= 0.3 is 0 Å². The molecule has 4 nitrogen and oxygen atoms in total. The molecule has 21 heavy (non-hydrogen) atoms. The lowest BCUT2D eigenvalue weighted by atomic mass is 10.2. The predicted octanol–water partition coefficient (Wildman–Crippen LogP) is 3.52. The van der Waals surface area contributed by atoms with Crippen molar-refractivity contribution in [2.45, 2.75) is 13.5 Å². The molecule has 0 aliphatic carbocycles. The Morgan fingerprint density at radius 2 is 2.00 bits per heavy atom. The van der Waals surface area contributed by atoms with Crippen molar-refractivity contribution in [3.8, 4) is 5.75 Å². The summed E-state index contributed by atoms with van der Waals surface area (Å²) in [6.07, 6.45) is 1.62. The number of pyridine rings is 1. The molecule has 0 saturated heterocycles. The van der Waals surface area contributed by atoms with Gasteiger partial charge in [0.2, 0.25) is 0 Å². The topological polar surface area (TPSA) is 42.4 Å². The number of hydrogen-bond donors (Lipinski definition) is 0. The molecule has 0 aliphatic heterocycles. The Kier molecular flexibility index (Phi) is 5.33. The molecule has 1 aromatic carbocycles. The number of hydrogen-bond acceptors (Lipinski definition) is 3. The summed E-state index contributed by atoms with van der Waals surface area (Å²) in [5.74, 6) is 0.724. The summed E-state index contributed by atoms with van der Waals surface area (Å²) in [6, 6.07) is 11.3. The smallest absolute Gasteiger partial charge is 0.273 e. The van der Waals surface area contributed by atoms with Crippen molar-refractivity contribution < 1.29 is 9.53 Å². The first-order chi connectivity index (χ1) is 10.2. The molecule has 2 aromatic rings. The Bertz CT molecular complexity index is 614. The minimum Gasteiger partial charge on any atom is -0.497 e. The van der Waals surface area contributed by atoms with Crippen LogP contribution in [0.25, 0.3) is 0 Å². The van der Waals surface area contributed by atoms with E-state index in [4.69, 9.17) is 4.74 Å². The Hall–Kier alpha value is -1.88. The molecule has 1 amide bonds. The molecular weight excluding hydrogens is 332 g/mol. The van der Waals surface area contributed by atoms with Crippen LogP contribution in [0.4, 0.5) is 0 Å². The highest BCUT2D eigenvalue weighted by molar-refractivity contribution is 9.10. The first-order valence-electron chi connectivity index (χ1n) is 6.68. The fraction of sp³-hybridized carbons (Fsp3) is 0.250. The Morgan fingerprint density at radius 3 is 2.57 bits per heavy atom. The molecule has 1 aromatic heterocycles. The van der Waals surface area contributed by atoms with Crippen molar-refractivity contribution in [1.82, 2.24) is 9.88 Å². The van der Waals surface area contributed by atoms with Gasteiger partial charge in [-0.25, -0.2) is 4.98 Å². The van der Waals surface area contributed by atoms with E-state index in [1.807, 2.05) is 37.3 Å². The highest BCUT2D eigenvalue weighted by atomic mass is 79.9. The van der Waals surface area contributed by atoms with E-state index < -0.39 is 0 Å². The molecule has 0 unspecified atom stereocenters. The van der Waals surface area contributed by atoms with E-state index in [0.717, 1.165) is 11.3 Å². The molecule has 1 heterocycles. The van der Waals surface area contributed by atoms with E-state index in [-0.39, 0.29) is 5.91 Å². The second kappa shape index (κ2) is 7.22. The first-order valence-corrected chi connectivity index (χ1v) is 7.47. The molecule has 5 heteroatoms. The summed E-state index contributed by atoms with van der Waals surface area (Å²) < 4.78 is 5.85. The second-order valence-electron chi connectivity index (χ2n) is 4.50. The molecular formula is C16H17BrN2O2. The third kappa shape index (κ3) is 3.82. The van der Waals surface area contributed by atoms with Crippen molar-refractivity contribution in [3.05, 3.63) is 58.3 Å². The van der Waals surface area contributed by atoms with Crippen LogP contribution >= 0.6 is 15.9 Å². The zero-order chi connectivity index (χ0) is 15.2. The summed E-state index contributed by atoms with van der Waals surface area (Å²) in [4.78, 5) is 18.4. The number of aromatic nitrogens is 1. The van der Waals surface area contributed by atoms with Gasteiger partial charge in [0, 0.05) is 23.8 Å². The third-order valence-corrected chi connectivity index (χ3v) is 3.80. The van der Waals surface area contributed by atoms with E-state index in [2.05, 4.69) is 20.9 Å². The van der Waals surface area contributed by atoms with Gasteiger partial charge < -0.3 is 9.64 Å². The quantitative estimate of drug-likeness (QED) is 0.830. The van der Waals surface area contributed by atoms with Crippen molar-refractivity contribution in [2.75, 3.05) is 13.7 Å². The third-order valence-electron chi connectivity index (χ3n) is 3.16. The molecule has 0 N–H and O–H groups in total. The van der Waals surface area contributed by atoms with Gasteiger partial charge in [-0.15, -0.1) is 0 Å². The van der Waals surface area contributed by atoms with Crippen LogP contribution in [0.5, 0.6) is 5.75 Å². The van der Waals surface area contributed by atoms with Crippen LogP contribution in [0, 0.1) is 0 Å². The minimum absolute atomic E-state index is 0.0826. The molecule has 0 saturated carbocycles. The lowest BCUT2D eigenvalue weighted by molar-refractivity contribution is 0.0745. The Morgan fingerprint density at radius 1 is 1.29 bits per heavy atom. The van der Waals surface area contributed by atoms with Gasteiger partial charge in [0.05, 0.1) is 7.11 Å². The van der Waals surface area contributed by atoms with Crippen LogP contribution in [-0.2, 0) is 6.54 Å². The van der Waals surface area contributed by atoms with Crippen LogP contribution in [0.3, 0.4) is 0 Å². The van der Waals surface area contributed by atoms with Crippen LogP contribution in [0.2, 0.25) is 0 Å². The number of nitrogens with zero attached hydrogens (tertiary/aromatic N) is 2. The van der Waals surface area contributed by atoms with Gasteiger partial charge in [-0.1, -0.05) is 12.1 Å². The maximum Gasteiger partial charge on any atom is 0.273 e. The maximum absolute atomic E-state index is 12.5. The number of ether oxygens (including phenoxy) is 1. The molecule has 2 rings (SSSR count). The Labute approximate surface area is 132 Å². The van der Waals surface area contributed by atoms with Crippen molar-refractivity contribution in [1.29, 1.82) is 0 Å². The number of benzene rings is 1. The van der Waals surface area contributed by atoms with E-state index in [1.165, 1.54) is 0 Å². The van der Waals surface area contributed by atoms with E-state index >= 15 is 0 Å². The highest BCUT2D eigenvalue weighted by Crippen LogP contribution is 2.18.